The summed E-state index contributed by atoms with van der Waals surface area (Å²) >= 11 is 0. The molecule has 1 aliphatic heterocycles. The normalized spacial score (nSPS) is 20.5. The van der Waals surface area contributed by atoms with Crippen LogP contribution >= 0.6 is 0 Å². The van der Waals surface area contributed by atoms with Gasteiger partial charge in [-0.05, 0) is 12.5 Å². The summed E-state index contributed by atoms with van der Waals surface area (Å²) in [5, 5.41) is 4.43. The molecule has 1 fully saturated rings. The molecule has 1 aromatic rings. The lowest BCUT2D eigenvalue weighted by atomic mass is 10.2. The first-order chi connectivity index (χ1) is 9.15. The van der Waals surface area contributed by atoms with Crippen molar-refractivity contribution in [2.24, 2.45) is 7.05 Å². The summed E-state index contributed by atoms with van der Waals surface area (Å²) in [6, 6.07) is 1.77. The maximum absolute atomic E-state index is 11.7. The zero-order valence-corrected chi connectivity index (χ0v) is 11.8. The highest BCUT2D eigenvalue weighted by molar-refractivity contribution is 5.75. The van der Waals surface area contributed by atoms with Gasteiger partial charge in [0, 0.05) is 20.1 Å². The second-order valence-corrected chi connectivity index (χ2v) is 4.69. The van der Waals surface area contributed by atoms with E-state index in [-0.39, 0.29) is 12.0 Å². The van der Waals surface area contributed by atoms with Crippen LogP contribution in [-0.2, 0) is 34.3 Å². The molecule has 0 aromatic carbocycles. The average Bonchev–Trinajstić information content (AvgIpc) is 2.79. The predicted octanol–water partition coefficient (Wildman–Crippen LogP) is 0.356. The molecule has 0 amide bonds. The van der Waals surface area contributed by atoms with Crippen molar-refractivity contribution in [2.75, 3.05) is 26.9 Å². The summed E-state index contributed by atoms with van der Waals surface area (Å²) in [6.07, 6.45) is 0.914. The van der Waals surface area contributed by atoms with Crippen LogP contribution in [0.15, 0.2) is 6.07 Å². The first-order valence-corrected chi connectivity index (χ1v) is 6.57. The van der Waals surface area contributed by atoms with Crippen LogP contribution in [0.2, 0.25) is 0 Å². The monoisotopic (exact) mass is 267 g/mol. The van der Waals surface area contributed by atoms with Gasteiger partial charge in [-0.15, -0.1) is 0 Å². The lowest BCUT2D eigenvalue weighted by Crippen LogP contribution is -2.50. The van der Waals surface area contributed by atoms with E-state index in [4.69, 9.17) is 9.47 Å². The highest BCUT2D eigenvalue weighted by atomic mass is 16.5. The highest BCUT2D eigenvalue weighted by Crippen LogP contribution is 2.14. The zero-order chi connectivity index (χ0) is 13.8. The molecule has 2 heterocycles. The molecule has 0 aliphatic carbocycles. The van der Waals surface area contributed by atoms with E-state index >= 15 is 0 Å². The van der Waals surface area contributed by atoms with E-state index in [1.807, 2.05) is 11.7 Å². The van der Waals surface area contributed by atoms with Crippen LogP contribution in [0, 0.1) is 0 Å². The van der Waals surface area contributed by atoms with Crippen LogP contribution in [0.25, 0.3) is 0 Å². The van der Waals surface area contributed by atoms with E-state index in [2.05, 4.69) is 23.0 Å². The molecule has 0 radical (unpaired) electrons. The van der Waals surface area contributed by atoms with Gasteiger partial charge >= 0.3 is 5.97 Å². The maximum atomic E-state index is 11.7. The van der Waals surface area contributed by atoms with Crippen molar-refractivity contribution >= 4 is 5.97 Å². The van der Waals surface area contributed by atoms with Crippen LogP contribution in [0.3, 0.4) is 0 Å². The fraction of sp³-hybridized carbons (Fsp3) is 0.692. The Morgan fingerprint density at radius 3 is 3.05 bits per heavy atom. The Labute approximate surface area is 113 Å². The number of rotatable bonds is 4. The number of nitrogens with zero attached hydrogens (tertiary/aromatic N) is 3. The Balaban J connectivity index is 2.10. The maximum Gasteiger partial charge on any atom is 0.325 e. The molecule has 0 N–H and O–H groups in total. The van der Waals surface area contributed by atoms with Crippen molar-refractivity contribution in [3.63, 3.8) is 0 Å². The third-order valence-corrected chi connectivity index (χ3v) is 3.47. The first-order valence-electron chi connectivity index (χ1n) is 6.57. The van der Waals surface area contributed by atoms with Gasteiger partial charge in [0.15, 0.2) is 0 Å². The molecule has 0 spiro atoms. The van der Waals surface area contributed by atoms with Gasteiger partial charge < -0.3 is 9.47 Å². The summed E-state index contributed by atoms with van der Waals surface area (Å²) in [5.41, 5.74) is 2.17. The highest BCUT2D eigenvalue weighted by Gasteiger charge is 2.30. The van der Waals surface area contributed by atoms with Crippen LogP contribution in [0.1, 0.15) is 18.3 Å². The van der Waals surface area contributed by atoms with E-state index in [1.165, 1.54) is 7.11 Å². The van der Waals surface area contributed by atoms with Gasteiger partial charge in [-0.2, -0.15) is 5.10 Å². The number of aryl methyl sites for hydroxylation is 2. The third-order valence-electron chi connectivity index (χ3n) is 3.47. The Hall–Kier alpha value is -1.40. The van der Waals surface area contributed by atoms with Gasteiger partial charge in [-0.3, -0.25) is 14.4 Å². The molecule has 6 nitrogen and oxygen atoms in total. The second kappa shape index (κ2) is 6.16. The molecular formula is C13H21N3O3. The number of morpholine rings is 1. The van der Waals surface area contributed by atoms with Crippen molar-refractivity contribution in [2.45, 2.75) is 25.9 Å². The largest absolute Gasteiger partial charge is 0.468 e. The van der Waals surface area contributed by atoms with Gasteiger partial charge in [-0.1, -0.05) is 6.92 Å². The minimum Gasteiger partial charge on any atom is -0.468 e. The molecule has 1 unspecified atom stereocenters. The molecule has 1 saturated heterocycles. The van der Waals surface area contributed by atoms with Gasteiger partial charge in [0.1, 0.15) is 6.04 Å². The zero-order valence-electron chi connectivity index (χ0n) is 11.8. The lowest BCUT2D eigenvalue weighted by molar-refractivity contribution is -0.153. The molecule has 2 rings (SSSR count). The Bertz CT molecular complexity index is 444. The Morgan fingerprint density at radius 2 is 2.42 bits per heavy atom. The van der Waals surface area contributed by atoms with Gasteiger partial charge in [0.05, 0.1) is 31.7 Å². The van der Waals surface area contributed by atoms with Gasteiger partial charge in [0.2, 0.25) is 0 Å². The molecule has 0 saturated carbocycles. The van der Waals surface area contributed by atoms with Gasteiger partial charge in [0.25, 0.3) is 0 Å². The van der Waals surface area contributed by atoms with Crippen molar-refractivity contribution in [1.29, 1.82) is 0 Å². The van der Waals surface area contributed by atoms with E-state index in [9.17, 15) is 4.79 Å². The number of aromatic nitrogens is 2. The fourth-order valence-electron chi connectivity index (χ4n) is 2.28. The standard InChI is InChI=1S/C13H21N3O3/c1-4-10-7-11(15(2)14-10)8-16-5-6-19-9-12(16)13(17)18-3/h7,12H,4-6,8-9H2,1-3H3. The van der Waals surface area contributed by atoms with Gasteiger partial charge in [-0.25, -0.2) is 0 Å². The number of carbonyl (C=O) groups excluding carboxylic acids is 1. The fourth-order valence-corrected chi connectivity index (χ4v) is 2.28. The third kappa shape index (κ3) is 3.13. The average molecular weight is 267 g/mol. The number of hydrogen-bond donors (Lipinski definition) is 0. The molecule has 19 heavy (non-hydrogen) atoms. The molecule has 1 aliphatic rings. The minimum absolute atomic E-state index is 0.238. The molecule has 1 aromatic heterocycles. The van der Waals surface area contributed by atoms with Crippen molar-refractivity contribution in [1.82, 2.24) is 14.7 Å². The number of ether oxygens (including phenoxy) is 2. The lowest BCUT2D eigenvalue weighted by Gasteiger charge is -2.33. The number of hydrogen-bond acceptors (Lipinski definition) is 5. The number of esters is 1. The summed E-state index contributed by atoms with van der Waals surface area (Å²) in [7, 11) is 3.34. The van der Waals surface area contributed by atoms with Crippen LogP contribution in [0.5, 0.6) is 0 Å². The molecule has 106 valence electrons. The quantitative estimate of drug-likeness (QED) is 0.737. The van der Waals surface area contributed by atoms with Crippen molar-refractivity contribution in [3.05, 3.63) is 17.5 Å². The van der Waals surface area contributed by atoms with Crippen LogP contribution < -0.4 is 0 Å². The van der Waals surface area contributed by atoms with E-state index in [0.717, 1.165) is 24.4 Å². The van der Waals surface area contributed by atoms with E-state index in [0.29, 0.717) is 19.8 Å². The van der Waals surface area contributed by atoms with Crippen LogP contribution in [-0.4, -0.2) is 53.6 Å². The first kappa shape index (κ1) is 14.0. The van der Waals surface area contributed by atoms with E-state index in [1.54, 1.807) is 0 Å². The van der Waals surface area contributed by atoms with Crippen molar-refractivity contribution in [3.8, 4) is 0 Å². The Kier molecular flexibility index (Phi) is 4.55. The number of methoxy groups -OCH3 is 1. The number of carbonyl (C=O) groups is 1. The predicted molar refractivity (Wildman–Crippen MR) is 69.6 cm³/mol. The Morgan fingerprint density at radius 1 is 1.63 bits per heavy atom. The topological polar surface area (TPSA) is 56.6 Å². The minimum atomic E-state index is -0.321. The smallest absolute Gasteiger partial charge is 0.325 e. The second-order valence-electron chi connectivity index (χ2n) is 4.69. The summed E-state index contributed by atoms with van der Waals surface area (Å²) in [6.45, 7) is 4.54. The SMILES string of the molecule is CCc1cc(CN2CCOCC2C(=O)OC)n(C)n1. The summed E-state index contributed by atoms with van der Waals surface area (Å²) in [5.74, 6) is -0.238. The summed E-state index contributed by atoms with van der Waals surface area (Å²) in [4.78, 5) is 13.8. The van der Waals surface area contributed by atoms with Crippen LogP contribution in [0.4, 0.5) is 0 Å². The van der Waals surface area contributed by atoms with Crippen molar-refractivity contribution < 1.29 is 14.3 Å². The molecule has 1 atom stereocenters. The molecular weight excluding hydrogens is 246 g/mol. The molecule has 6 heteroatoms. The summed E-state index contributed by atoms with van der Waals surface area (Å²) < 4.78 is 12.1. The molecule has 0 bridgehead atoms. The van der Waals surface area contributed by atoms with E-state index < -0.39 is 0 Å².